The Balaban J connectivity index is 1.72. The first-order chi connectivity index (χ1) is 9.63. The van der Waals surface area contributed by atoms with Gasteiger partial charge in [0.05, 0.1) is 12.7 Å². The van der Waals surface area contributed by atoms with E-state index in [1.165, 1.54) is 18.4 Å². The van der Waals surface area contributed by atoms with Crippen molar-refractivity contribution in [1.29, 1.82) is 0 Å². The molecule has 0 aromatic heterocycles. The summed E-state index contributed by atoms with van der Waals surface area (Å²) in [6.45, 7) is 5.33. The SMILES string of the molecule is CC(C)OCC(O)COc1cccc(CNC2CC2)c1. The van der Waals surface area contributed by atoms with Crippen LogP contribution < -0.4 is 10.1 Å². The van der Waals surface area contributed by atoms with E-state index in [0.717, 1.165) is 12.3 Å². The van der Waals surface area contributed by atoms with Gasteiger partial charge in [0.15, 0.2) is 0 Å². The molecule has 0 spiro atoms. The van der Waals surface area contributed by atoms with E-state index in [9.17, 15) is 5.11 Å². The summed E-state index contributed by atoms with van der Waals surface area (Å²) in [5.41, 5.74) is 1.21. The van der Waals surface area contributed by atoms with E-state index in [2.05, 4.69) is 11.4 Å². The zero-order chi connectivity index (χ0) is 14.4. The van der Waals surface area contributed by atoms with Crippen LogP contribution in [0.15, 0.2) is 24.3 Å². The highest BCUT2D eigenvalue weighted by Gasteiger charge is 2.19. The molecule has 0 saturated heterocycles. The fraction of sp³-hybridized carbons (Fsp3) is 0.625. The Labute approximate surface area is 121 Å². The first kappa shape index (κ1) is 15.3. The third-order valence-electron chi connectivity index (χ3n) is 3.13. The van der Waals surface area contributed by atoms with Gasteiger partial charge in [0.25, 0.3) is 0 Å². The largest absolute Gasteiger partial charge is 0.491 e. The molecule has 0 heterocycles. The van der Waals surface area contributed by atoms with E-state index >= 15 is 0 Å². The Morgan fingerprint density at radius 1 is 1.30 bits per heavy atom. The fourth-order valence-electron chi connectivity index (χ4n) is 1.84. The maximum Gasteiger partial charge on any atom is 0.119 e. The number of nitrogens with one attached hydrogen (secondary N) is 1. The Kier molecular flexibility index (Phi) is 5.83. The standard InChI is InChI=1S/C16H25NO3/c1-12(2)19-10-15(18)11-20-16-5-3-4-13(8-16)9-17-14-6-7-14/h3-5,8,12,14-15,17-18H,6-7,9-11H2,1-2H3. The molecule has 1 fully saturated rings. The van der Waals surface area contributed by atoms with Crippen LogP contribution in [0.25, 0.3) is 0 Å². The quantitative estimate of drug-likeness (QED) is 0.727. The van der Waals surface area contributed by atoms with Gasteiger partial charge in [-0.25, -0.2) is 0 Å². The van der Waals surface area contributed by atoms with Crippen molar-refractivity contribution < 1.29 is 14.6 Å². The van der Waals surface area contributed by atoms with Crippen LogP contribution in [0.4, 0.5) is 0 Å². The molecule has 0 bridgehead atoms. The van der Waals surface area contributed by atoms with Crippen molar-refractivity contribution >= 4 is 0 Å². The summed E-state index contributed by atoms with van der Waals surface area (Å²) in [5.74, 6) is 0.795. The van der Waals surface area contributed by atoms with E-state index in [1.54, 1.807) is 0 Å². The first-order valence-corrected chi connectivity index (χ1v) is 7.38. The van der Waals surface area contributed by atoms with Gasteiger partial charge in [-0.1, -0.05) is 12.1 Å². The van der Waals surface area contributed by atoms with Gasteiger partial charge < -0.3 is 19.9 Å². The van der Waals surface area contributed by atoms with E-state index in [1.807, 2.05) is 32.0 Å². The minimum absolute atomic E-state index is 0.126. The third kappa shape index (κ3) is 5.90. The van der Waals surface area contributed by atoms with Gasteiger partial charge in [0.1, 0.15) is 18.5 Å². The average molecular weight is 279 g/mol. The summed E-state index contributed by atoms with van der Waals surface area (Å²) in [6.07, 6.45) is 2.11. The highest BCUT2D eigenvalue weighted by atomic mass is 16.5. The predicted molar refractivity (Wildman–Crippen MR) is 78.9 cm³/mol. The molecule has 4 nitrogen and oxygen atoms in total. The second-order valence-corrected chi connectivity index (χ2v) is 5.65. The molecular weight excluding hydrogens is 254 g/mol. The third-order valence-corrected chi connectivity index (χ3v) is 3.13. The predicted octanol–water partition coefficient (Wildman–Crippen LogP) is 2.10. The number of aliphatic hydroxyl groups is 1. The molecule has 1 aromatic rings. The average Bonchev–Trinajstić information content (AvgIpc) is 3.25. The van der Waals surface area contributed by atoms with E-state index in [-0.39, 0.29) is 12.7 Å². The monoisotopic (exact) mass is 279 g/mol. The number of hydrogen-bond donors (Lipinski definition) is 2. The van der Waals surface area contributed by atoms with Crippen molar-refractivity contribution in [3.63, 3.8) is 0 Å². The minimum atomic E-state index is -0.592. The van der Waals surface area contributed by atoms with E-state index in [4.69, 9.17) is 9.47 Å². The maximum absolute atomic E-state index is 9.75. The molecule has 0 aliphatic heterocycles. The van der Waals surface area contributed by atoms with Gasteiger partial charge in [0, 0.05) is 12.6 Å². The van der Waals surface area contributed by atoms with Crippen LogP contribution in [0, 0.1) is 0 Å². The molecule has 1 atom stereocenters. The van der Waals surface area contributed by atoms with E-state index < -0.39 is 6.10 Å². The summed E-state index contributed by atoms with van der Waals surface area (Å²) in [4.78, 5) is 0. The van der Waals surface area contributed by atoms with Gasteiger partial charge in [0.2, 0.25) is 0 Å². The molecule has 1 saturated carbocycles. The molecule has 1 aromatic carbocycles. The smallest absolute Gasteiger partial charge is 0.119 e. The summed E-state index contributed by atoms with van der Waals surface area (Å²) in [7, 11) is 0. The lowest BCUT2D eigenvalue weighted by Gasteiger charge is -2.15. The molecule has 1 aliphatic rings. The summed E-state index contributed by atoms with van der Waals surface area (Å²) < 4.78 is 11.0. The number of benzene rings is 1. The lowest BCUT2D eigenvalue weighted by Crippen LogP contribution is -2.25. The summed E-state index contributed by atoms with van der Waals surface area (Å²) in [5, 5.41) is 13.2. The number of aliphatic hydroxyl groups excluding tert-OH is 1. The molecular formula is C16H25NO3. The van der Waals surface area contributed by atoms with Gasteiger partial charge in [-0.3, -0.25) is 0 Å². The highest BCUT2D eigenvalue weighted by molar-refractivity contribution is 5.28. The Morgan fingerprint density at radius 3 is 2.80 bits per heavy atom. The number of rotatable bonds is 9. The molecule has 2 N–H and O–H groups in total. The first-order valence-electron chi connectivity index (χ1n) is 7.38. The van der Waals surface area contributed by atoms with Gasteiger partial charge in [-0.05, 0) is 44.4 Å². The molecule has 1 unspecified atom stereocenters. The maximum atomic E-state index is 9.75. The van der Waals surface area contributed by atoms with Crippen LogP contribution in [0.3, 0.4) is 0 Å². The topological polar surface area (TPSA) is 50.7 Å². The molecule has 4 heteroatoms. The normalized spacial score (nSPS) is 16.4. The number of ether oxygens (including phenoxy) is 2. The van der Waals surface area contributed by atoms with Gasteiger partial charge in [-0.15, -0.1) is 0 Å². The zero-order valence-corrected chi connectivity index (χ0v) is 12.3. The van der Waals surface area contributed by atoms with Gasteiger partial charge in [-0.2, -0.15) is 0 Å². The molecule has 2 rings (SSSR count). The molecule has 0 radical (unpaired) electrons. The van der Waals surface area contributed by atoms with Crippen molar-refractivity contribution in [1.82, 2.24) is 5.32 Å². The highest BCUT2D eigenvalue weighted by Crippen LogP contribution is 2.20. The summed E-state index contributed by atoms with van der Waals surface area (Å²) in [6, 6.07) is 8.70. The van der Waals surface area contributed by atoms with Crippen molar-refractivity contribution in [2.24, 2.45) is 0 Å². The van der Waals surface area contributed by atoms with Crippen LogP contribution in [-0.2, 0) is 11.3 Å². The lowest BCUT2D eigenvalue weighted by molar-refractivity contribution is -0.0122. The zero-order valence-electron chi connectivity index (χ0n) is 12.3. The van der Waals surface area contributed by atoms with E-state index in [0.29, 0.717) is 12.6 Å². The Hall–Kier alpha value is -1.10. The lowest BCUT2D eigenvalue weighted by atomic mass is 10.2. The van der Waals surface area contributed by atoms with Crippen LogP contribution in [0.2, 0.25) is 0 Å². The molecule has 0 amide bonds. The Morgan fingerprint density at radius 2 is 2.10 bits per heavy atom. The van der Waals surface area contributed by atoms with Crippen molar-refractivity contribution in [3.8, 4) is 5.75 Å². The Bertz CT molecular complexity index is 404. The number of hydrogen-bond acceptors (Lipinski definition) is 4. The van der Waals surface area contributed by atoms with Crippen molar-refractivity contribution in [2.75, 3.05) is 13.2 Å². The molecule has 20 heavy (non-hydrogen) atoms. The van der Waals surface area contributed by atoms with Crippen molar-refractivity contribution in [3.05, 3.63) is 29.8 Å². The van der Waals surface area contributed by atoms with Crippen molar-refractivity contribution in [2.45, 2.75) is 51.5 Å². The van der Waals surface area contributed by atoms with Crippen LogP contribution >= 0.6 is 0 Å². The fourth-order valence-corrected chi connectivity index (χ4v) is 1.84. The van der Waals surface area contributed by atoms with Crippen LogP contribution in [0.5, 0.6) is 5.75 Å². The van der Waals surface area contributed by atoms with Crippen LogP contribution in [-0.4, -0.2) is 36.6 Å². The van der Waals surface area contributed by atoms with Gasteiger partial charge >= 0.3 is 0 Å². The minimum Gasteiger partial charge on any atom is -0.491 e. The van der Waals surface area contributed by atoms with Crippen LogP contribution in [0.1, 0.15) is 32.3 Å². The second kappa shape index (κ2) is 7.62. The molecule has 112 valence electrons. The molecule has 1 aliphatic carbocycles. The summed E-state index contributed by atoms with van der Waals surface area (Å²) >= 11 is 0. The second-order valence-electron chi connectivity index (χ2n) is 5.65.